The second-order valence-corrected chi connectivity index (χ2v) is 5.19. The van der Waals surface area contributed by atoms with Gasteiger partial charge in [-0.3, -0.25) is 16.0 Å². The van der Waals surface area contributed by atoms with Crippen LogP contribution in [0.25, 0.3) is 0 Å². The summed E-state index contributed by atoms with van der Waals surface area (Å²) in [5, 5.41) is 10.5. The van der Waals surface area contributed by atoms with Gasteiger partial charge in [0, 0.05) is 19.2 Å². The van der Waals surface area contributed by atoms with Crippen molar-refractivity contribution in [2.75, 3.05) is 7.05 Å². The third-order valence-corrected chi connectivity index (χ3v) is 3.79. The Labute approximate surface area is 92.6 Å². The van der Waals surface area contributed by atoms with Crippen molar-refractivity contribution in [2.45, 2.75) is 11.8 Å². The molecule has 0 atom stereocenters. The van der Waals surface area contributed by atoms with Gasteiger partial charge in [-0.2, -0.15) is 0 Å². The van der Waals surface area contributed by atoms with E-state index in [1.54, 1.807) is 6.92 Å². The number of hydrazine groups is 1. The maximum atomic E-state index is 11.7. The number of non-ortho nitro benzene ring substituents is 1. The molecule has 1 aromatic rings. The zero-order valence-corrected chi connectivity index (χ0v) is 9.56. The zero-order valence-electron chi connectivity index (χ0n) is 8.75. The van der Waals surface area contributed by atoms with Crippen LogP contribution in [0.15, 0.2) is 23.1 Å². The third kappa shape index (κ3) is 2.18. The third-order valence-electron chi connectivity index (χ3n) is 2.04. The van der Waals surface area contributed by atoms with E-state index in [9.17, 15) is 18.5 Å². The van der Waals surface area contributed by atoms with Crippen molar-refractivity contribution in [1.29, 1.82) is 0 Å². The lowest BCUT2D eigenvalue weighted by molar-refractivity contribution is -0.385. The molecular formula is C8H11N3O4S. The highest BCUT2D eigenvalue weighted by atomic mass is 32.2. The van der Waals surface area contributed by atoms with E-state index in [2.05, 4.69) is 0 Å². The minimum Gasteiger partial charge on any atom is -0.258 e. The molecule has 0 aromatic heterocycles. The predicted molar refractivity (Wildman–Crippen MR) is 57.0 cm³/mol. The maximum Gasteiger partial charge on any atom is 0.270 e. The molecule has 1 rings (SSSR count). The van der Waals surface area contributed by atoms with Crippen molar-refractivity contribution in [3.8, 4) is 0 Å². The van der Waals surface area contributed by atoms with Gasteiger partial charge in [-0.05, 0) is 12.5 Å². The van der Waals surface area contributed by atoms with Crippen LogP contribution in [0.3, 0.4) is 0 Å². The van der Waals surface area contributed by atoms with Crippen molar-refractivity contribution >= 4 is 15.7 Å². The van der Waals surface area contributed by atoms with Gasteiger partial charge in [0.2, 0.25) is 0 Å². The Morgan fingerprint density at radius 2 is 2.00 bits per heavy atom. The van der Waals surface area contributed by atoms with Gasteiger partial charge >= 0.3 is 0 Å². The Kier molecular flexibility index (Phi) is 3.27. The molecular weight excluding hydrogens is 234 g/mol. The molecule has 0 saturated heterocycles. The van der Waals surface area contributed by atoms with Gasteiger partial charge in [-0.1, -0.05) is 6.07 Å². The first-order valence-electron chi connectivity index (χ1n) is 4.25. The summed E-state index contributed by atoms with van der Waals surface area (Å²) in [6.45, 7) is 1.54. The number of nitro benzene ring substituents is 1. The van der Waals surface area contributed by atoms with E-state index in [0.717, 1.165) is 13.1 Å². The van der Waals surface area contributed by atoms with Crippen LogP contribution in [0.2, 0.25) is 0 Å². The Morgan fingerprint density at radius 3 is 2.44 bits per heavy atom. The Bertz CT molecular complexity index is 524. The summed E-state index contributed by atoms with van der Waals surface area (Å²) in [7, 11) is -2.70. The van der Waals surface area contributed by atoms with E-state index < -0.39 is 14.9 Å². The molecule has 0 aliphatic rings. The summed E-state index contributed by atoms with van der Waals surface area (Å²) >= 11 is 0. The molecule has 8 heteroatoms. The molecule has 0 unspecified atom stereocenters. The van der Waals surface area contributed by atoms with Crippen LogP contribution in [0.1, 0.15) is 5.56 Å². The molecule has 0 saturated carbocycles. The molecule has 0 radical (unpaired) electrons. The van der Waals surface area contributed by atoms with Gasteiger partial charge in [0.15, 0.2) is 0 Å². The number of sulfonamides is 1. The van der Waals surface area contributed by atoms with Crippen LogP contribution in [0, 0.1) is 17.0 Å². The highest BCUT2D eigenvalue weighted by Crippen LogP contribution is 2.22. The molecule has 0 bridgehead atoms. The van der Waals surface area contributed by atoms with Crippen LogP contribution in [0.5, 0.6) is 0 Å². The van der Waals surface area contributed by atoms with Crippen molar-refractivity contribution in [1.82, 2.24) is 4.41 Å². The number of rotatable bonds is 3. The topological polar surface area (TPSA) is 107 Å². The average Bonchev–Trinajstić information content (AvgIpc) is 2.17. The number of benzene rings is 1. The number of nitrogens with two attached hydrogens (primary N) is 1. The molecule has 0 heterocycles. The smallest absolute Gasteiger partial charge is 0.258 e. The zero-order chi connectivity index (χ0) is 12.5. The van der Waals surface area contributed by atoms with Crippen molar-refractivity contribution in [3.63, 3.8) is 0 Å². The molecule has 0 aliphatic heterocycles. The van der Waals surface area contributed by atoms with E-state index >= 15 is 0 Å². The molecule has 88 valence electrons. The van der Waals surface area contributed by atoms with Crippen LogP contribution >= 0.6 is 0 Å². The number of hydrogen-bond donors (Lipinski definition) is 1. The maximum absolute atomic E-state index is 11.7. The summed E-state index contributed by atoms with van der Waals surface area (Å²) in [6.07, 6.45) is 0. The summed E-state index contributed by atoms with van der Waals surface area (Å²) in [5.41, 5.74) is 0.119. The highest BCUT2D eigenvalue weighted by molar-refractivity contribution is 7.89. The second-order valence-electron chi connectivity index (χ2n) is 3.23. The van der Waals surface area contributed by atoms with Crippen LogP contribution < -0.4 is 5.84 Å². The number of nitrogens with zero attached hydrogens (tertiary/aromatic N) is 2. The first-order chi connectivity index (χ1) is 7.26. The van der Waals surface area contributed by atoms with E-state index in [1.165, 1.54) is 12.1 Å². The van der Waals surface area contributed by atoms with Gasteiger partial charge in [-0.15, -0.1) is 4.41 Å². The molecule has 0 aliphatic carbocycles. The van der Waals surface area contributed by atoms with Gasteiger partial charge < -0.3 is 0 Å². The van der Waals surface area contributed by atoms with Crippen LogP contribution in [-0.2, 0) is 10.0 Å². The summed E-state index contributed by atoms with van der Waals surface area (Å²) in [6, 6.07) is 3.60. The normalized spacial score (nSPS) is 11.8. The first kappa shape index (κ1) is 12.6. The summed E-state index contributed by atoms with van der Waals surface area (Å²) in [4.78, 5) is 9.71. The Hall–Kier alpha value is -1.51. The average molecular weight is 245 g/mol. The summed E-state index contributed by atoms with van der Waals surface area (Å²) in [5.74, 6) is 5.17. The van der Waals surface area contributed by atoms with Crippen molar-refractivity contribution < 1.29 is 13.3 Å². The predicted octanol–water partition coefficient (Wildman–Crippen LogP) is 0.397. The minimum atomic E-state index is -3.86. The Balaban J connectivity index is 3.45. The minimum absolute atomic E-state index is 0.160. The van der Waals surface area contributed by atoms with Crippen LogP contribution in [0.4, 0.5) is 5.69 Å². The number of hydrogen-bond acceptors (Lipinski definition) is 5. The number of nitro groups is 1. The molecule has 16 heavy (non-hydrogen) atoms. The summed E-state index contributed by atoms with van der Waals surface area (Å²) < 4.78 is 23.9. The van der Waals surface area contributed by atoms with Crippen molar-refractivity contribution in [2.24, 2.45) is 5.84 Å². The SMILES string of the molecule is Cc1ccc([N+](=O)[O-])cc1S(=O)(=O)N(C)N. The molecule has 0 amide bonds. The van der Waals surface area contributed by atoms with E-state index in [-0.39, 0.29) is 10.6 Å². The van der Waals surface area contributed by atoms with Gasteiger partial charge in [0.1, 0.15) is 0 Å². The fraction of sp³-hybridized carbons (Fsp3) is 0.250. The van der Waals surface area contributed by atoms with Gasteiger partial charge in [0.05, 0.1) is 9.82 Å². The fourth-order valence-corrected chi connectivity index (χ4v) is 2.19. The monoisotopic (exact) mass is 245 g/mol. The molecule has 0 fully saturated rings. The van der Waals surface area contributed by atoms with Gasteiger partial charge in [0.25, 0.3) is 15.7 Å². The Morgan fingerprint density at radius 1 is 1.44 bits per heavy atom. The second kappa shape index (κ2) is 4.16. The van der Waals surface area contributed by atoms with Crippen molar-refractivity contribution in [3.05, 3.63) is 33.9 Å². The lowest BCUT2D eigenvalue weighted by atomic mass is 10.2. The molecule has 7 nitrogen and oxygen atoms in total. The first-order valence-corrected chi connectivity index (χ1v) is 5.69. The van der Waals surface area contributed by atoms with E-state index in [0.29, 0.717) is 9.98 Å². The highest BCUT2D eigenvalue weighted by Gasteiger charge is 2.22. The molecule has 1 aromatic carbocycles. The van der Waals surface area contributed by atoms with E-state index in [1.807, 2.05) is 0 Å². The van der Waals surface area contributed by atoms with Crippen LogP contribution in [-0.4, -0.2) is 24.8 Å². The lowest BCUT2D eigenvalue weighted by Crippen LogP contribution is -2.33. The molecule has 2 N–H and O–H groups in total. The quantitative estimate of drug-likeness (QED) is 0.471. The standard InChI is InChI=1S/C8H11N3O4S/c1-6-3-4-7(11(12)13)5-8(6)16(14,15)10(2)9/h3-5H,9H2,1-2H3. The largest absolute Gasteiger partial charge is 0.270 e. The molecule has 0 spiro atoms. The van der Waals surface area contributed by atoms with Gasteiger partial charge in [-0.25, -0.2) is 8.42 Å². The van der Waals surface area contributed by atoms with E-state index in [4.69, 9.17) is 5.84 Å². The fourth-order valence-electron chi connectivity index (χ4n) is 1.14. The lowest BCUT2D eigenvalue weighted by Gasteiger charge is -2.12. The number of aryl methyl sites for hydroxylation is 1.